The number of hydrogen-bond acceptors (Lipinski definition) is 6. The van der Waals surface area contributed by atoms with Gasteiger partial charge in [-0.05, 0) is 24.8 Å². The zero-order valence-electron chi connectivity index (χ0n) is 18.9. The molecule has 0 bridgehead atoms. The van der Waals surface area contributed by atoms with Gasteiger partial charge < -0.3 is 29.6 Å². The molecule has 2 N–H and O–H groups in total. The van der Waals surface area contributed by atoms with E-state index in [4.69, 9.17) is 30.5 Å². The molecule has 1 aromatic rings. The molecule has 3 fully saturated rings. The molecule has 3 aliphatic rings. The van der Waals surface area contributed by atoms with Crippen molar-refractivity contribution in [3.05, 3.63) is 34.9 Å². The summed E-state index contributed by atoms with van der Waals surface area (Å²) in [4.78, 5) is 24.8. The molecule has 0 spiro atoms. The Labute approximate surface area is 199 Å². The monoisotopic (exact) mass is 480 g/mol. The minimum absolute atomic E-state index is 0.00383. The summed E-state index contributed by atoms with van der Waals surface area (Å²) in [5.74, 6) is -0.334. The van der Waals surface area contributed by atoms with E-state index < -0.39 is 18.0 Å². The highest BCUT2D eigenvalue weighted by molar-refractivity contribution is 6.27. The molecule has 0 radical (unpaired) electrons. The predicted octanol–water partition coefficient (Wildman–Crippen LogP) is 2.74. The zero-order valence-corrected chi connectivity index (χ0v) is 19.7. The normalized spacial score (nSPS) is 21.2. The first-order valence-corrected chi connectivity index (χ1v) is 12.3. The fraction of sp³-hybridized carbons (Fsp3) is 0.667. The maximum absolute atomic E-state index is 13.1. The standard InChI is InChI=1S/C24H33ClN2O6/c25-15-20(28)27-16-24(7-2-1-3-8-24)23(29)26-9-6-17-4-5-18(21-30-10-11-31-21)19(14-17)22-32-12-13-33-22/h4-5,14,21-22H,1-3,6-13,15-16H2,(H,26,29)(H,27,28). The third-order valence-electron chi connectivity index (χ3n) is 6.64. The number of carbonyl (C=O) groups is 2. The van der Waals surface area contributed by atoms with Crippen molar-refractivity contribution in [1.82, 2.24) is 10.6 Å². The molecule has 2 amide bonds. The molecule has 0 aromatic heterocycles. The maximum atomic E-state index is 13.1. The Bertz CT molecular complexity index is 817. The summed E-state index contributed by atoms with van der Waals surface area (Å²) in [6.45, 7) is 3.08. The minimum atomic E-state index is -0.558. The van der Waals surface area contributed by atoms with Crippen molar-refractivity contribution in [1.29, 1.82) is 0 Å². The molecule has 0 unspecified atom stereocenters. The van der Waals surface area contributed by atoms with Crippen LogP contribution in [-0.2, 0) is 35.0 Å². The van der Waals surface area contributed by atoms with Crippen LogP contribution in [-0.4, -0.2) is 57.2 Å². The number of ether oxygens (including phenoxy) is 4. The number of nitrogens with one attached hydrogen (secondary N) is 2. The summed E-state index contributed by atoms with van der Waals surface area (Å²) in [7, 11) is 0. The van der Waals surface area contributed by atoms with E-state index in [0.29, 0.717) is 45.9 Å². The van der Waals surface area contributed by atoms with Gasteiger partial charge in [-0.1, -0.05) is 37.5 Å². The van der Waals surface area contributed by atoms with Gasteiger partial charge in [-0.15, -0.1) is 11.6 Å². The number of benzene rings is 1. The van der Waals surface area contributed by atoms with Crippen LogP contribution >= 0.6 is 11.6 Å². The van der Waals surface area contributed by atoms with Crippen LogP contribution in [0.1, 0.15) is 61.4 Å². The molecule has 182 valence electrons. The van der Waals surface area contributed by atoms with Crippen LogP contribution in [0.15, 0.2) is 18.2 Å². The highest BCUT2D eigenvalue weighted by Gasteiger charge is 2.39. The molecule has 2 saturated heterocycles. The van der Waals surface area contributed by atoms with Crippen LogP contribution < -0.4 is 10.6 Å². The topological polar surface area (TPSA) is 95.1 Å². The Morgan fingerprint density at radius 1 is 0.909 bits per heavy atom. The number of amides is 2. The number of hydrogen-bond donors (Lipinski definition) is 2. The van der Waals surface area contributed by atoms with Crippen LogP contribution in [0, 0.1) is 5.41 Å². The Morgan fingerprint density at radius 2 is 1.55 bits per heavy atom. The van der Waals surface area contributed by atoms with Gasteiger partial charge in [0.05, 0.1) is 31.8 Å². The summed E-state index contributed by atoms with van der Waals surface area (Å²) < 4.78 is 22.9. The van der Waals surface area contributed by atoms with Gasteiger partial charge in [-0.2, -0.15) is 0 Å². The number of alkyl halides is 1. The van der Waals surface area contributed by atoms with Crippen molar-refractivity contribution in [2.45, 2.75) is 51.1 Å². The van der Waals surface area contributed by atoms with E-state index in [2.05, 4.69) is 16.7 Å². The van der Waals surface area contributed by atoms with Crippen molar-refractivity contribution in [2.24, 2.45) is 5.41 Å². The molecule has 1 aromatic carbocycles. The third-order valence-corrected chi connectivity index (χ3v) is 6.88. The highest BCUT2D eigenvalue weighted by atomic mass is 35.5. The van der Waals surface area contributed by atoms with Gasteiger partial charge in [0.1, 0.15) is 5.88 Å². The lowest BCUT2D eigenvalue weighted by Gasteiger charge is -2.36. The van der Waals surface area contributed by atoms with Gasteiger partial charge >= 0.3 is 0 Å². The fourth-order valence-electron chi connectivity index (χ4n) is 4.81. The van der Waals surface area contributed by atoms with E-state index in [1.165, 1.54) is 0 Å². The average molecular weight is 481 g/mol. The number of halogens is 1. The van der Waals surface area contributed by atoms with Gasteiger partial charge in [-0.3, -0.25) is 9.59 Å². The number of rotatable bonds is 9. The summed E-state index contributed by atoms with van der Waals surface area (Å²) >= 11 is 5.61. The maximum Gasteiger partial charge on any atom is 0.234 e. The summed E-state index contributed by atoms with van der Waals surface area (Å²) in [5, 5.41) is 5.93. The van der Waals surface area contributed by atoms with Crippen LogP contribution in [0.4, 0.5) is 0 Å². The lowest BCUT2D eigenvalue weighted by atomic mass is 9.73. The van der Waals surface area contributed by atoms with Crippen molar-refractivity contribution < 1.29 is 28.5 Å². The van der Waals surface area contributed by atoms with Crippen LogP contribution in [0.3, 0.4) is 0 Å². The first-order chi connectivity index (χ1) is 16.1. The molecular weight excluding hydrogens is 448 g/mol. The van der Waals surface area contributed by atoms with Gasteiger partial charge in [-0.25, -0.2) is 0 Å². The van der Waals surface area contributed by atoms with Gasteiger partial charge in [0.25, 0.3) is 0 Å². The molecular formula is C24H33ClN2O6. The second kappa shape index (κ2) is 11.6. The zero-order chi connectivity index (χ0) is 23.1. The predicted molar refractivity (Wildman–Crippen MR) is 122 cm³/mol. The molecule has 9 heteroatoms. The SMILES string of the molecule is O=C(CCl)NCC1(C(=O)NCCc2ccc(C3OCCO3)c(C3OCCO3)c2)CCCCC1. The largest absolute Gasteiger partial charge is 0.355 e. The van der Waals surface area contributed by atoms with E-state index in [1.54, 1.807) is 0 Å². The molecule has 4 rings (SSSR count). The van der Waals surface area contributed by atoms with E-state index in [-0.39, 0.29) is 17.7 Å². The van der Waals surface area contributed by atoms with E-state index in [9.17, 15) is 9.59 Å². The Morgan fingerprint density at radius 3 is 2.18 bits per heavy atom. The van der Waals surface area contributed by atoms with Crippen molar-refractivity contribution in [3.63, 3.8) is 0 Å². The van der Waals surface area contributed by atoms with Crippen molar-refractivity contribution in [3.8, 4) is 0 Å². The fourth-order valence-corrected chi connectivity index (χ4v) is 4.90. The van der Waals surface area contributed by atoms with E-state index in [1.807, 2.05) is 12.1 Å². The van der Waals surface area contributed by atoms with Gasteiger partial charge in [0, 0.05) is 24.2 Å². The second-order valence-electron chi connectivity index (χ2n) is 8.87. The van der Waals surface area contributed by atoms with Gasteiger partial charge in [0.15, 0.2) is 12.6 Å². The Hall–Kier alpha value is -1.71. The third kappa shape index (κ3) is 6.05. The van der Waals surface area contributed by atoms with Crippen molar-refractivity contribution >= 4 is 23.4 Å². The first-order valence-electron chi connectivity index (χ1n) is 11.8. The summed E-state index contributed by atoms with van der Waals surface area (Å²) in [6, 6.07) is 6.08. The molecule has 1 saturated carbocycles. The minimum Gasteiger partial charge on any atom is -0.355 e. The van der Waals surface area contributed by atoms with Crippen LogP contribution in [0.2, 0.25) is 0 Å². The molecule has 2 heterocycles. The first kappa shape index (κ1) is 24.4. The average Bonchev–Trinajstić information content (AvgIpc) is 3.58. The molecule has 8 nitrogen and oxygen atoms in total. The second-order valence-corrected chi connectivity index (χ2v) is 9.13. The number of carbonyl (C=O) groups excluding carboxylic acids is 2. The molecule has 2 aliphatic heterocycles. The van der Waals surface area contributed by atoms with E-state index in [0.717, 1.165) is 48.8 Å². The molecule has 0 atom stereocenters. The summed E-state index contributed by atoms with van der Waals surface area (Å²) in [6.07, 6.45) is 4.48. The molecule has 1 aliphatic carbocycles. The van der Waals surface area contributed by atoms with Crippen molar-refractivity contribution in [2.75, 3.05) is 45.4 Å². The van der Waals surface area contributed by atoms with E-state index >= 15 is 0 Å². The van der Waals surface area contributed by atoms with Crippen LogP contribution in [0.25, 0.3) is 0 Å². The van der Waals surface area contributed by atoms with Crippen LogP contribution in [0.5, 0.6) is 0 Å². The lowest BCUT2D eigenvalue weighted by Crippen LogP contribution is -2.50. The Balaban J connectivity index is 1.39. The highest BCUT2D eigenvalue weighted by Crippen LogP contribution is 2.36. The lowest BCUT2D eigenvalue weighted by molar-refractivity contribution is -0.133. The Kier molecular flexibility index (Phi) is 8.60. The molecule has 33 heavy (non-hydrogen) atoms. The summed E-state index contributed by atoms with van der Waals surface area (Å²) in [5.41, 5.74) is 2.34. The smallest absolute Gasteiger partial charge is 0.234 e. The van der Waals surface area contributed by atoms with Gasteiger partial charge in [0.2, 0.25) is 11.8 Å². The quantitative estimate of drug-likeness (QED) is 0.528.